The van der Waals surface area contributed by atoms with Gasteiger partial charge in [0.05, 0.1) is 11.3 Å². The summed E-state index contributed by atoms with van der Waals surface area (Å²) >= 11 is 1.20. The number of para-hydroxylation sites is 1. The lowest BCUT2D eigenvalue weighted by atomic mass is 9.96. The number of nitrogen functional groups attached to an aromatic ring is 1. The number of rotatable bonds is 8. The number of benzene rings is 2. The number of carbonyl (C=O) groups is 1. The molecule has 0 atom stereocenters. The second-order valence-corrected chi connectivity index (χ2v) is 9.11. The highest BCUT2D eigenvalue weighted by Crippen LogP contribution is 2.36. The van der Waals surface area contributed by atoms with E-state index in [-0.39, 0.29) is 40.6 Å². The summed E-state index contributed by atoms with van der Waals surface area (Å²) in [5, 5.41) is 25.5. The summed E-state index contributed by atoms with van der Waals surface area (Å²) in [6.07, 6.45) is 0.958. The molecule has 0 aliphatic heterocycles. The lowest BCUT2D eigenvalue weighted by molar-refractivity contribution is -0.115. The minimum atomic E-state index is -0.315. The molecule has 0 saturated heterocycles. The molecule has 2 heterocycles. The number of hydrogen-bond acceptors (Lipinski definition) is 7. The van der Waals surface area contributed by atoms with Crippen molar-refractivity contribution in [3.63, 3.8) is 0 Å². The third-order valence-corrected chi connectivity index (χ3v) is 6.62. The van der Waals surface area contributed by atoms with Crippen LogP contribution >= 0.6 is 11.8 Å². The molecular weight excluding hydrogens is 486 g/mol. The normalized spacial score (nSPS) is 10.5. The van der Waals surface area contributed by atoms with E-state index in [0.717, 1.165) is 12.0 Å². The number of pyridine rings is 1. The fraction of sp³-hybridized carbons (Fsp3) is 0.148. The molecule has 0 aliphatic carbocycles. The van der Waals surface area contributed by atoms with Gasteiger partial charge in [0.25, 0.3) is 5.56 Å². The van der Waals surface area contributed by atoms with Gasteiger partial charge in [0.15, 0.2) is 0 Å². The summed E-state index contributed by atoms with van der Waals surface area (Å²) in [7, 11) is 0. The van der Waals surface area contributed by atoms with Crippen molar-refractivity contribution in [3.8, 4) is 29.0 Å². The quantitative estimate of drug-likeness (QED) is 0.300. The van der Waals surface area contributed by atoms with Gasteiger partial charge in [0, 0.05) is 23.8 Å². The Morgan fingerprint density at radius 1 is 1.11 bits per heavy atom. The molecule has 0 saturated carbocycles. The van der Waals surface area contributed by atoms with Gasteiger partial charge in [-0.1, -0.05) is 49.4 Å². The smallest absolute Gasteiger partial charge is 0.273 e. The van der Waals surface area contributed by atoms with Crippen LogP contribution in [-0.4, -0.2) is 26.4 Å². The Labute approximate surface area is 217 Å². The topological polar surface area (TPSA) is 153 Å². The van der Waals surface area contributed by atoms with E-state index in [1.807, 2.05) is 49.4 Å². The minimum Gasteiger partial charge on any atom is -0.383 e. The van der Waals surface area contributed by atoms with E-state index in [0.29, 0.717) is 27.6 Å². The number of nitrogens with zero attached hydrogens (tertiary/aromatic N) is 4. The zero-order chi connectivity index (χ0) is 26.4. The summed E-state index contributed by atoms with van der Waals surface area (Å²) in [5.74, 6) is 0.295. The van der Waals surface area contributed by atoms with Crippen molar-refractivity contribution in [1.82, 2.24) is 14.8 Å². The van der Waals surface area contributed by atoms with E-state index < -0.39 is 0 Å². The van der Waals surface area contributed by atoms with Crippen molar-refractivity contribution in [2.75, 3.05) is 16.8 Å². The van der Waals surface area contributed by atoms with Crippen LogP contribution in [0.4, 0.5) is 11.6 Å². The second kappa shape index (κ2) is 11.3. The van der Waals surface area contributed by atoms with E-state index in [2.05, 4.69) is 27.5 Å². The van der Waals surface area contributed by atoms with Crippen LogP contribution in [0.3, 0.4) is 0 Å². The zero-order valence-corrected chi connectivity index (χ0v) is 20.8. The van der Waals surface area contributed by atoms with Gasteiger partial charge in [-0.3, -0.25) is 14.7 Å². The van der Waals surface area contributed by atoms with Crippen LogP contribution in [0.2, 0.25) is 0 Å². The number of anilines is 2. The second-order valence-electron chi connectivity index (χ2n) is 8.03. The molecule has 0 fully saturated rings. The maximum atomic E-state index is 12.5. The fourth-order valence-corrected chi connectivity index (χ4v) is 4.72. The lowest BCUT2D eigenvalue weighted by Gasteiger charge is -2.13. The maximum Gasteiger partial charge on any atom is 0.273 e. The molecule has 0 spiro atoms. The molecule has 0 bridgehead atoms. The van der Waals surface area contributed by atoms with Crippen molar-refractivity contribution in [2.45, 2.75) is 24.8 Å². The molecule has 2 aromatic carbocycles. The molecule has 4 N–H and O–H groups in total. The summed E-state index contributed by atoms with van der Waals surface area (Å²) < 4.78 is 1.33. The summed E-state index contributed by atoms with van der Waals surface area (Å²) in [6, 6.07) is 22.2. The van der Waals surface area contributed by atoms with Gasteiger partial charge >= 0.3 is 0 Å². The Bertz CT molecular complexity index is 1580. The number of H-pyrrole nitrogens is 1. The van der Waals surface area contributed by atoms with Gasteiger partial charge in [-0.25, -0.2) is 9.67 Å². The monoisotopic (exact) mass is 509 g/mol. The number of nitrogens with two attached hydrogens (primary N) is 1. The molecule has 4 aromatic rings. The van der Waals surface area contributed by atoms with E-state index in [1.54, 1.807) is 12.1 Å². The molecule has 2 aromatic heterocycles. The summed E-state index contributed by atoms with van der Waals surface area (Å²) in [5.41, 5.74) is 9.08. The first-order chi connectivity index (χ1) is 17.9. The first kappa shape index (κ1) is 25.3. The third kappa shape index (κ3) is 5.56. The van der Waals surface area contributed by atoms with Crippen LogP contribution in [0.1, 0.15) is 30.0 Å². The number of nitriles is 2. The van der Waals surface area contributed by atoms with Crippen LogP contribution < -0.4 is 16.6 Å². The third-order valence-electron chi connectivity index (χ3n) is 5.64. The SMILES string of the molecule is CCc1ccc(-c2c(C#N)c(N)nc(SCCC(=O)Nc3cc(=O)n(-c4ccccc4)[nH]3)c2C#N)cc1. The largest absolute Gasteiger partial charge is 0.383 e. The minimum absolute atomic E-state index is 0.0304. The number of hydrogen-bond donors (Lipinski definition) is 3. The number of thioether (sulfide) groups is 1. The van der Waals surface area contributed by atoms with E-state index in [1.165, 1.54) is 22.5 Å². The maximum absolute atomic E-state index is 12.5. The Kier molecular flexibility index (Phi) is 7.72. The van der Waals surface area contributed by atoms with Gasteiger partial charge in [0.2, 0.25) is 5.91 Å². The van der Waals surface area contributed by atoms with Crippen molar-refractivity contribution in [3.05, 3.63) is 87.7 Å². The first-order valence-corrected chi connectivity index (χ1v) is 12.5. The van der Waals surface area contributed by atoms with Gasteiger partial charge in [-0.2, -0.15) is 10.5 Å². The van der Waals surface area contributed by atoms with Crippen molar-refractivity contribution in [1.29, 1.82) is 10.5 Å². The highest BCUT2D eigenvalue weighted by molar-refractivity contribution is 7.99. The summed E-state index contributed by atoms with van der Waals surface area (Å²) in [4.78, 5) is 29.1. The predicted molar refractivity (Wildman–Crippen MR) is 143 cm³/mol. The van der Waals surface area contributed by atoms with Crippen LogP contribution in [0.15, 0.2) is 70.5 Å². The van der Waals surface area contributed by atoms with Gasteiger partial charge < -0.3 is 11.1 Å². The lowest BCUT2D eigenvalue weighted by Crippen LogP contribution is -2.14. The molecule has 0 radical (unpaired) electrons. The number of aryl methyl sites for hydroxylation is 1. The fourth-order valence-electron chi connectivity index (χ4n) is 3.78. The highest BCUT2D eigenvalue weighted by Gasteiger charge is 2.21. The van der Waals surface area contributed by atoms with Crippen molar-refractivity contribution >= 4 is 29.3 Å². The van der Waals surface area contributed by atoms with Gasteiger partial charge in [0.1, 0.15) is 34.4 Å². The van der Waals surface area contributed by atoms with Crippen LogP contribution in [-0.2, 0) is 11.2 Å². The molecule has 1 amide bonds. The number of nitrogens with one attached hydrogen (secondary N) is 2. The van der Waals surface area contributed by atoms with Crippen molar-refractivity contribution < 1.29 is 4.79 Å². The number of carbonyl (C=O) groups excluding carboxylic acids is 1. The Morgan fingerprint density at radius 3 is 2.46 bits per heavy atom. The van der Waals surface area contributed by atoms with E-state index >= 15 is 0 Å². The number of amides is 1. The molecule has 0 unspecified atom stereocenters. The molecule has 0 aliphatic rings. The Morgan fingerprint density at radius 2 is 1.81 bits per heavy atom. The molecule has 4 rings (SSSR count). The predicted octanol–water partition coefficient (Wildman–Crippen LogP) is 4.24. The zero-order valence-electron chi connectivity index (χ0n) is 20.0. The molecular formula is C27H23N7O2S. The number of aromatic amines is 1. The molecule has 184 valence electrons. The Hall–Kier alpha value is -4.80. The van der Waals surface area contributed by atoms with Gasteiger partial charge in [-0.05, 0) is 29.7 Å². The van der Waals surface area contributed by atoms with E-state index in [9.17, 15) is 20.1 Å². The average Bonchev–Trinajstić information content (AvgIpc) is 3.28. The van der Waals surface area contributed by atoms with Crippen LogP contribution in [0.25, 0.3) is 16.8 Å². The van der Waals surface area contributed by atoms with E-state index in [4.69, 9.17) is 5.73 Å². The molecule has 10 heteroatoms. The van der Waals surface area contributed by atoms with Crippen LogP contribution in [0, 0.1) is 22.7 Å². The average molecular weight is 510 g/mol. The summed E-state index contributed by atoms with van der Waals surface area (Å²) in [6.45, 7) is 2.04. The highest BCUT2D eigenvalue weighted by atomic mass is 32.2. The van der Waals surface area contributed by atoms with Crippen molar-refractivity contribution in [2.24, 2.45) is 0 Å². The number of aromatic nitrogens is 3. The molecule has 9 nitrogen and oxygen atoms in total. The first-order valence-electron chi connectivity index (χ1n) is 11.5. The van der Waals surface area contributed by atoms with Gasteiger partial charge in [-0.15, -0.1) is 11.8 Å². The molecule has 37 heavy (non-hydrogen) atoms. The Balaban J connectivity index is 1.49. The van der Waals surface area contributed by atoms with Crippen LogP contribution in [0.5, 0.6) is 0 Å². The standard InChI is InChI=1S/C27H23N7O2S/c1-2-17-8-10-18(11-9-17)25-20(15-28)26(30)32-27(21(25)16-29)37-13-12-23(35)31-22-14-24(36)34(33-22)19-6-4-3-5-7-19/h3-11,14,33H,2,12-13H2,1H3,(H2,30,32)(H,31,35).